The largest absolute Gasteiger partial charge is 0.247 e. The van der Waals surface area contributed by atoms with Gasteiger partial charge >= 0.3 is 0 Å². The summed E-state index contributed by atoms with van der Waals surface area (Å²) in [6, 6.07) is 0. The molecule has 0 N–H and O–H groups in total. The maximum absolute atomic E-state index is 13.6. The summed E-state index contributed by atoms with van der Waals surface area (Å²) in [5.41, 5.74) is 0. The Labute approximate surface area is 94.6 Å². The molecule has 0 aliphatic heterocycles. The second kappa shape index (κ2) is 5.86. The van der Waals surface area contributed by atoms with Gasteiger partial charge in [0.1, 0.15) is 6.17 Å². The number of alkyl halides is 1. The summed E-state index contributed by atoms with van der Waals surface area (Å²) in [7, 11) is 0. The van der Waals surface area contributed by atoms with Crippen molar-refractivity contribution in [3.8, 4) is 0 Å². The molecule has 1 aliphatic carbocycles. The van der Waals surface area contributed by atoms with Gasteiger partial charge in [0.25, 0.3) is 0 Å². The molecular weight excluding hydrogens is 187 g/mol. The molecule has 0 aromatic heterocycles. The Bertz CT molecular complexity index is 168. The lowest BCUT2D eigenvalue weighted by Crippen LogP contribution is -2.23. The fourth-order valence-corrected chi connectivity index (χ4v) is 2.67. The molecule has 2 atom stereocenters. The molecule has 90 valence electrons. The Morgan fingerprint density at radius 1 is 1.07 bits per heavy atom. The standard InChI is InChI=1S/C14H27F/c1-10(2)14(15)9-12(4)13-7-5-11(3)6-8-13/h10-14H,5-9H2,1-4H3. The molecule has 0 saturated heterocycles. The first-order valence-electron chi connectivity index (χ1n) is 6.64. The fourth-order valence-electron chi connectivity index (χ4n) is 2.67. The number of hydrogen-bond acceptors (Lipinski definition) is 0. The smallest absolute Gasteiger partial charge is 0.103 e. The van der Waals surface area contributed by atoms with Crippen LogP contribution in [0.15, 0.2) is 0 Å². The molecular formula is C14H27F. The van der Waals surface area contributed by atoms with Crippen molar-refractivity contribution < 1.29 is 4.39 Å². The highest BCUT2D eigenvalue weighted by molar-refractivity contribution is 4.76. The van der Waals surface area contributed by atoms with E-state index < -0.39 is 6.17 Å². The van der Waals surface area contributed by atoms with E-state index >= 15 is 0 Å². The monoisotopic (exact) mass is 214 g/mol. The topological polar surface area (TPSA) is 0 Å². The maximum Gasteiger partial charge on any atom is 0.103 e. The van der Waals surface area contributed by atoms with Crippen LogP contribution >= 0.6 is 0 Å². The average Bonchev–Trinajstić information content (AvgIpc) is 2.18. The molecule has 0 bridgehead atoms. The molecule has 0 amide bonds. The minimum absolute atomic E-state index is 0.190. The molecule has 0 nitrogen and oxygen atoms in total. The quantitative estimate of drug-likeness (QED) is 0.628. The zero-order valence-electron chi connectivity index (χ0n) is 10.8. The van der Waals surface area contributed by atoms with Crippen molar-refractivity contribution in [1.29, 1.82) is 0 Å². The SMILES string of the molecule is CC1CCC(C(C)CC(F)C(C)C)CC1. The van der Waals surface area contributed by atoms with E-state index in [1.807, 2.05) is 13.8 Å². The summed E-state index contributed by atoms with van der Waals surface area (Å²) in [4.78, 5) is 0. The van der Waals surface area contributed by atoms with Crippen LogP contribution in [0.4, 0.5) is 4.39 Å². The highest BCUT2D eigenvalue weighted by atomic mass is 19.1. The zero-order valence-corrected chi connectivity index (χ0v) is 10.8. The van der Waals surface area contributed by atoms with Crippen LogP contribution in [0.5, 0.6) is 0 Å². The molecule has 0 aromatic rings. The van der Waals surface area contributed by atoms with Crippen LogP contribution in [-0.4, -0.2) is 6.17 Å². The summed E-state index contributed by atoms with van der Waals surface area (Å²) in [5, 5.41) is 0. The molecule has 1 saturated carbocycles. The van der Waals surface area contributed by atoms with E-state index in [4.69, 9.17) is 0 Å². The van der Waals surface area contributed by atoms with Crippen molar-refractivity contribution in [2.75, 3.05) is 0 Å². The first kappa shape index (κ1) is 13.0. The van der Waals surface area contributed by atoms with Gasteiger partial charge in [0, 0.05) is 0 Å². The minimum atomic E-state index is -0.598. The normalized spacial score (nSPS) is 31.6. The van der Waals surface area contributed by atoms with Gasteiger partial charge in [-0.25, -0.2) is 4.39 Å². The molecule has 0 heterocycles. The molecule has 0 radical (unpaired) electrons. The second-order valence-corrected chi connectivity index (χ2v) is 5.99. The lowest BCUT2D eigenvalue weighted by molar-refractivity contribution is 0.152. The van der Waals surface area contributed by atoms with Gasteiger partial charge in [-0.3, -0.25) is 0 Å². The summed E-state index contributed by atoms with van der Waals surface area (Å²) in [6.45, 7) is 8.56. The summed E-state index contributed by atoms with van der Waals surface area (Å²) in [6.07, 6.45) is 5.54. The Morgan fingerprint density at radius 2 is 1.60 bits per heavy atom. The third kappa shape index (κ3) is 4.12. The Kier molecular flexibility index (Phi) is 5.08. The van der Waals surface area contributed by atoms with Crippen LogP contribution in [0.1, 0.15) is 59.8 Å². The van der Waals surface area contributed by atoms with Gasteiger partial charge in [-0.05, 0) is 42.9 Å². The molecule has 1 fully saturated rings. The van der Waals surface area contributed by atoms with E-state index in [-0.39, 0.29) is 5.92 Å². The van der Waals surface area contributed by atoms with Crippen molar-refractivity contribution >= 4 is 0 Å². The van der Waals surface area contributed by atoms with E-state index in [9.17, 15) is 4.39 Å². The van der Waals surface area contributed by atoms with Crippen LogP contribution in [-0.2, 0) is 0 Å². The zero-order chi connectivity index (χ0) is 11.4. The highest BCUT2D eigenvalue weighted by Gasteiger charge is 2.26. The van der Waals surface area contributed by atoms with Crippen molar-refractivity contribution in [2.24, 2.45) is 23.7 Å². The lowest BCUT2D eigenvalue weighted by atomic mass is 9.75. The summed E-state index contributed by atoms with van der Waals surface area (Å²) in [5.74, 6) is 2.46. The predicted molar refractivity (Wildman–Crippen MR) is 64.6 cm³/mol. The Balaban J connectivity index is 2.30. The van der Waals surface area contributed by atoms with Crippen LogP contribution in [0, 0.1) is 23.7 Å². The average molecular weight is 214 g/mol. The van der Waals surface area contributed by atoms with Gasteiger partial charge in [0.15, 0.2) is 0 Å². The van der Waals surface area contributed by atoms with E-state index in [0.717, 1.165) is 18.3 Å². The molecule has 1 aliphatic rings. The van der Waals surface area contributed by atoms with Gasteiger partial charge in [0.2, 0.25) is 0 Å². The second-order valence-electron chi connectivity index (χ2n) is 5.99. The minimum Gasteiger partial charge on any atom is -0.247 e. The molecule has 1 rings (SSSR count). The maximum atomic E-state index is 13.6. The number of halogens is 1. The van der Waals surface area contributed by atoms with Crippen molar-refractivity contribution in [2.45, 2.75) is 66.0 Å². The van der Waals surface area contributed by atoms with Gasteiger partial charge < -0.3 is 0 Å². The van der Waals surface area contributed by atoms with Crippen LogP contribution in [0.2, 0.25) is 0 Å². The predicted octanol–water partition coefficient (Wildman–Crippen LogP) is 4.83. The Morgan fingerprint density at radius 3 is 2.07 bits per heavy atom. The van der Waals surface area contributed by atoms with Gasteiger partial charge in [-0.1, -0.05) is 40.5 Å². The van der Waals surface area contributed by atoms with Gasteiger partial charge in [-0.2, -0.15) is 0 Å². The first-order chi connectivity index (χ1) is 7.00. The molecule has 15 heavy (non-hydrogen) atoms. The fraction of sp³-hybridized carbons (Fsp3) is 1.00. The van der Waals surface area contributed by atoms with E-state index in [1.54, 1.807) is 0 Å². The molecule has 2 unspecified atom stereocenters. The van der Waals surface area contributed by atoms with E-state index in [1.165, 1.54) is 25.7 Å². The molecule has 1 heteroatoms. The van der Waals surface area contributed by atoms with Gasteiger partial charge in [-0.15, -0.1) is 0 Å². The van der Waals surface area contributed by atoms with Crippen LogP contribution in [0.25, 0.3) is 0 Å². The molecule has 0 aromatic carbocycles. The summed E-state index contributed by atoms with van der Waals surface area (Å²) >= 11 is 0. The van der Waals surface area contributed by atoms with E-state index in [0.29, 0.717) is 5.92 Å². The highest BCUT2D eigenvalue weighted by Crippen LogP contribution is 2.35. The molecule has 0 spiro atoms. The Hall–Kier alpha value is -0.0700. The van der Waals surface area contributed by atoms with Crippen LogP contribution in [0.3, 0.4) is 0 Å². The third-order valence-electron chi connectivity index (χ3n) is 4.19. The lowest BCUT2D eigenvalue weighted by Gasteiger charge is -2.31. The first-order valence-corrected chi connectivity index (χ1v) is 6.64. The van der Waals surface area contributed by atoms with Crippen LogP contribution < -0.4 is 0 Å². The van der Waals surface area contributed by atoms with Crippen molar-refractivity contribution in [1.82, 2.24) is 0 Å². The van der Waals surface area contributed by atoms with Gasteiger partial charge in [0.05, 0.1) is 0 Å². The summed E-state index contributed by atoms with van der Waals surface area (Å²) < 4.78 is 13.6. The van der Waals surface area contributed by atoms with Crippen molar-refractivity contribution in [3.05, 3.63) is 0 Å². The number of hydrogen-bond donors (Lipinski definition) is 0. The third-order valence-corrected chi connectivity index (χ3v) is 4.19. The number of rotatable bonds is 4. The van der Waals surface area contributed by atoms with E-state index in [2.05, 4.69) is 13.8 Å². The van der Waals surface area contributed by atoms with Crippen molar-refractivity contribution in [3.63, 3.8) is 0 Å².